The number of rotatable bonds is 5. The maximum absolute atomic E-state index is 11.6. The Bertz CT molecular complexity index is 740. The highest BCUT2D eigenvalue weighted by atomic mass is 16.1. The van der Waals surface area contributed by atoms with E-state index in [2.05, 4.69) is 25.5 Å². The molecular formula is C18H25N5O. The smallest absolute Gasteiger partial charge is 0.248 e. The molecule has 0 unspecified atom stereocenters. The normalized spacial score (nSPS) is 18.6. The van der Waals surface area contributed by atoms with Crippen LogP contribution in [0.5, 0.6) is 0 Å². The Balaban J connectivity index is 1.62. The minimum Gasteiger partial charge on any atom is -0.342 e. The Morgan fingerprint density at radius 2 is 1.88 bits per heavy atom. The molecular weight excluding hydrogens is 302 g/mol. The van der Waals surface area contributed by atoms with Crippen LogP contribution in [0, 0.1) is 0 Å². The molecule has 2 aliphatic heterocycles. The molecule has 2 aliphatic rings. The monoisotopic (exact) mass is 327 g/mol. The molecule has 24 heavy (non-hydrogen) atoms. The summed E-state index contributed by atoms with van der Waals surface area (Å²) in [6.07, 6.45) is 8.90. The van der Waals surface area contributed by atoms with Gasteiger partial charge >= 0.3 is 0 Å². The summed E-state index contributed by atoms with van der Waals surface area (Å²) in [5, 5.41) is 0. The Labute approximate surface area is 142 Å². The summed E-state index contributed by atoms with van der Waals surface area (Å²) in [7, 11) is 0. The molecule has 6 nitrogen and oxygen atoms in total. The van der Waals surface area contributed by atoms with Crippen molar-refractivity contribution in [2.75, 3.05) is 37.6 Å². The van der Waals surface area contributed by atoms with Crippen LogP contribution in [-0.2, 0) is 6.54 Å². The zero-order valence-corrected chi connectivity index (χ0v) is 14.1. The third-order valence-corrected chi connectivity index (χ3v) is 5.07. The van der Waals surface area contributed by atoms with Gasteiger partial charge in [0.25, 0.3) is 0 Å². The van der Waals surface area contributed by atoms with Crippen LogP contribution in [0.25, 0.3) is 11.3 Å². The van der Waals surface area contributed by atoms with E-state index in [-0.39, 0.29) is 5.56 Å². The molecule has 2 aromatic rings. The van der Waals surface area contributed by atoms with Gasteiger partial charge in [-0.25, -0.2) is 4.98 Å². The van der Waals surface area contributed by atoms with Gasteiger partial charge in [-0.3, -0.25) is 4.79 Å². The molecule has 2 aromatic heterocycles. The van der Waals surface area contributed by atoms with Crippen LogP contribution in [0.3, 0.4) is 0 Å². The molecule has 6 heteroatoms. The standard InChI is InChI=1S/C18H25N5O/c24-17-13-15(5-6-19-17)16-14-23(12-11-21-7-4-8-21)18(20-16)22-9-2-1-3-10-22/h5-6,13-14H,1-4,7-12H2,(H,19,24). The van der Waals surface area contributed by atoms with Gasteiger partial charge < -0.3 is 19.4 Å². The quantitative estimate of drug-likeness (QED) is 0.912. The molecule has 0 saturated carbocycles. The SMILES string of the molecule is O=c1cc(-c2cn(CCN3CCC3)c(N3CCCCC3)n2)cc[nH]1. The molecule has 0 aromatic carbocycles. The molecule has 4 rings (SSSR count). The van der Waals surface area contributed by atoms with Gasteiger partial charge in [0.2, 0.25) is 11.5 Å². The van der Waals surface area contributed by atoms with E-state index in [0.29, 0.717) is 0 Å². The fraction of sp³-hybridized carbons (Fsp3) is 0.556. The van der Waals surface area contributed by atoms with Gasteiger partial charge in [0.15, 0.2) is 0 Å². The Morgan fingerprint density at radius 1 is 1.04 bits per heavy atom. The first kappa shape index (κ1) is 15.4. The maximum atomic E-state index is 11.6. The fourth-order valence-corrected chi connectivity index (χ4v) is 3.51. The summed E-state index contributed by atoms with van der Waals surface area (Å²) in [6, 6.07) is 3.55. The minimum atomic E-state index is -0.0813. The van der Waals surface area contributed by atoms with Gasteiger partial charge in [-0.15, -0.1) is 0 Å². The molecule has 4 heterocycles. The van der Waals surface area contributed by atoms with Crippen LogP contribution in [0.4, 0.5) is 5.95 Å². The lowest BCUT2D eigenvalue weighted by Crippen LogP contribution is -2.39. The minimum absolute atomic E-state index is 0.0813. The third-order valence-electron chi connectivity index (χ3n) is 5.07. The molecule has 0 amide bonds. The lowest BCUT2D eigenvalue weighted by molar-refractivity contribution is 0.175. The molecule has 0 radical (unpaired) electrons. The molecule has 2 fully saturated rings. The Hall–Kier alpha value is -2.08. The van der Waals surface area contributed by atoms with E-state index in [4.69, 9.17) is 4.98 Å². The summed E-state index contributed by atoms with van der Waals surface area (Å²) < 4.78 is 2.28. The van der Waals surface area contributed by atoms with Crippen LogP contribution in [0.2, 0.25) is 0 Å². The van der Waals surface area contributed by atoms with Crippen molar-refractivity contribution in [2.45, 2.75) is 32.2 Å². The van der Waals surface area contributed by atoms with Crippen molar-refractivity contribution in [3.8, 4) is 11.3 Å². The van der Waals surface area contributed by atoms with E-state index in [0.717, 1.165) is 43.4 Å². The van der Waals surface area contributed by atoms with Crippen molar-refractivity contribution in [3.63, 3.8) is 0 Å². The molecule has 2 saturated heterocycles. The van der Waals surface area contributed by atoms with Crippen molar-refractivity contribution in [1.82, 2.24) is 19.4 Å². The van der Waals surface area contributed by atoms with Crippen LogP contribution < -0.4 is 10.5 Å². The number of nitrogens with zero attached hydrogens (tertiary/aromatic N) is 4. The van der Waals surface area contributed by atoms with Crippen LogP contribution in [-0.4, -0.2) is 52.2 Å². The maximum Gasteiger partial charge on any atom is 0.248 e. The molecule has 0 atom stereocenters. The zero-order valence-electron chi connectivity index (χ0n) is 14.1. The first-order valence-electron chi connectivity index (χ1n) is 9.03. The highest BCUT2D eigenvalue weighted by molar-refractivity contribution is 5.60. The first-order valence-corrected chi connectivity index (χ1v) is 9.03. The van der Waals surface area contributed by atoms with Gasteiger partial charge in [-0.05, 0) is 44.8 Å². The molecule has 0 bridgehead atoms. The van der Waals surface area contributed by atoms with Crippen molar-refractivity contribution in [2.24, 2.45) is 0 Å². The number of nitrogens with one attached hydrogen (secondary N) is 1. The van der Waals surface area contributed by atoms with E-state index in [1.54, 1.807) is 12.3 Å². The summed E-state index contributed by atoms with van der Waals surface area (Å²) in [4.78, 5) is 24.0. The van der Waals surface area contributed by atoms with Gasteiger partial charge in [-0.1, -0.05) is 0 Å². The number of likely N-dealkylation sites (tertiary alicyclic amines) is 1. The van der Waals surface area contributed by atoms with Crippen LogP contribution in [0.1, 0.15) is 25.7 Å². The average Bonchev–Trinajstić information content (AvgIpc) is 2.99. The lowest BCUT2D eigenvalue weighted by atomic mass is 10.1. The largest absolute Gasteiger partial charge is 0.342 e. The number of H-pyrrole nitrogens is 1. The van der Waals surface area contributed by atoms with Crippen molar-refractivity contribution in [3.05, 3.63) is 34.9 Å². The van der Waals surface area contributed by atoms with Crippen molar-refractivity contribution in [1.29, 1.82) is 0 Å². The molecule has 0 spiro atoms. The summed E-state index contributed by atoms with van der Waals surface area (Å²) in [6.45, 7) is 6.63. The third kappa shape index (κ3) is 3.24. The second-order valence-corrected chi connectivity index (χ2v) is 6.80. The van der Waals surface area contributed by atoms with Crippen LogP contribution in [0.15, 0.2) is 29.3 Å². The number of aromatic amines is 1. The number of piperidine rings is 1. The lowest BCUT2D eigenvalue weighted by Gasteiger charge is -2.32. The van der Waals surface area contributed by atoms with Crippen molar-refractivity contribution >= 4 is 5.95 Å². The van der Waals surface area contributed by atoms with Gasteiger partial charge in [0, 0.05) is 50.2 Å². The van der Waals surface area contributed by atoms with E-state index in [1.807, 2.05) is 6.07 Å². The Morgan fingerprint density at radius 3 is 2.58 bits per heavy atom. The van der Waals surface area contributed by atoms with Gasteiger partial charge in [0.05, 0.1) is 5.69 Å². The highest BCUT2D eigenvalue weighted by Gasteiger charge is 2.20. The van der Waals surface area contributed by atoms with E-state index in [9.17, 15) is 4.79 Å². The van der Waals surface area contributed by atoms with E-state index < -0.39 is 0 Å². The number of aromatic nitrogens is 3. The van der Waals surface area contributed by atoms with Crippen molar-refractivity contribution < 1.29 is 0 Å². The van der Waals surface area contributed by atoms with Gasteiger partial charge in [0.1, 0.15) is 0 Å². The number of hydrogen-bond donors (Lipinski definition) is 1. The number of pyridine rings is 1. The summed E-state index contributed by atoms with van der Waals surface area (Å²) in [5.74, 6) is 1.06. The predicted octanol–water partition coefficient (Wildman–Crippen LogP) is 1.93. The topological polar surface area (TPSA) is 57.2 Å². The summed E-state index contributed by atoms with van der Waals surface area (Å²) >= 11 is 0. The summed E-state index contributed by atoms with van der Waals surface area (Å²) in [5.41, 5.74) is 1.70. The Kier molecular flexibility index (Phi) is 4.38. The highest BCUT2D eigenvalue weighted by Crippen LogP contribution is 2.25. The van der Waals surface area contributed by atoms with E-state index >= 15 is 0 Å². The predicted molar refractivity (Wildman–Crippen MR) is 95.4 cm³/mol. The molecule has 128 valence electrons. The zero-order chi connectivity index (χ0) is 16.4. The second-order valence-electron chi connectivity index (χ2n) is 6.80. The number of anilines is 1. The number of imidazole rings is 1. The average molecular weight is 327 g/mol. The second kappa shape index (κ2) is 6.81. The first-order chi connectivity index (χ1) is 11.8. The fourth-order valence-electron chi connectivity index (χ4n) is 3.51. The molecule has 1 N–H and O–H groups in total. The molecule has 0 aliphatic carbocycles. The van der Waals surface area contributed by atoms with Crippen LogP contribution >= 0.6 is 0 Å². The van der Waals surface area contributed by atoms with Gasteiger partial charge in [-0.2, -0.15) is 0 Å². The van der Waals surface area contributed by atoms with E-state index in [1.165, 1.54) is 38.8 Å². The number of hydrogen-bond acceptors (Lipinski definition) is 4.